The summed E-state index contributed by atoms with van der Waals surface area (Å²) in [7, 11) is 7.04. The Bertz CT molecular complexity index is 797. The van der Waals surface area contributed by atoms with Crippen LogP contribution in [0, 0.1) is 5.92 Å². The number of rotatable bonds is 9. The molecule has 8 heteroatoms. The minimum Gasteiger partial charge on any atom is -0.502 e. The molecule has 3 N–H and O–H groups in total. The summed E-state index contributed by atoms with van der Waals surface area (Å²) in [4.78, 5) is 10.9. The highest BCUT2D eigenvalue weighted by Crippen LogP contribution is 2.37. The van der Waals surface area contributed by atoms with Crippen LogP contribution in [0.25, 0.3) is 0 Å². The lowest BCUT2D eigenvalue weighted by atomic mass is 9.86. The summed E-state index contributed by atoms with van der Waals surface area (Å²) < 4.78 is 10.5. The zero-order valence-corrected chi connectivity index (χ0v) is 18.3. The van der Waals surface area contributed by atoms with Gasteiger partial charge in [-0.25, -0.2) is 4.98 Å². The first kappa shape index (κ1) is 22.0. The van der Waals surface area contributed by atoms with Crippen LogP contribution in [-0.4, -0.2) is 56.0 Å². The predicted octanol–water partition coefficient (Wildman–Crippen LogP) is 3.03. The van der Waals surface area contributed by atoms with Gasteiger partial charge in [0.25, 0.3) is 0 Å². The summed E-state index contributed by atoms with van der Waals surface area (Å²) >= 11 is 0. The van der Waals surface area contributed by atoms with E-state index >= 15 is 0 Å². The highest BCUT2D eigenvalue weighted by Gasteiger charge is 2.21. The average Bonchev–Trinajstić information content (AvgIpc) is 2.76. The third-order valence-electron chi connectivity index (χ3n) is 5.58. The maximum absolute atomic E-state index is 10.0. The van der Waals surface area contributed by atoms with E-state index in [-0.39, 0.29) is 5.75 Å². The highest BCUT2D eigenvalue weighted by molar-refractivity contribution is 5.52. The summed E-state index contributed by atoms with van der Waals surface area (Å²) in [5, 5.41) is 17.1. The molecule has 0 amide bonds. The molecule has 3 rings (SSSR count). The Morgan fingerprint density at radius 3 is 2.37 bits per heavy atom. The minimum atomic E-state index is 0.0367. The van der Waals surface area contributed by atoms with E-state index in [0.717, 1.165) is 30.8 Å². The summed E-state index contributed by atoms with van der Waals surface area (Å²) in [6, 6.07) is 6.01. The molecule has 0 bridgehead atoms. The summed E-state index contributed by atoms with van der Waals surface area (Å²) in [6.45, 7) is 1.67. The van der Waals surface area contributed by atoms with Crippen molar-refractivity contribution in [3.8, 4) is 17.2 Å². The normalized spacial score (nSPS) is 18.7. The van der Waals surface area contributed by atoms with Crippen molar-refractivity contribution in [2.75, 3.05) is 45.1 Å². The zero-order valence-electron chi connectivity index (χ0n) is 18.3. The van der Waals surface area contributed by atoms with Crippen LogP contribution in [0.1, 0.15) is 31.2 Å². The maximum atomic E-state index is 10.0. The molecule has 0 aliphatic heterocycles. The first-order valence-electron chi connectivity index (χ1n) is 10.4. The fourth-order valence-corrected chi connectivity index (χ4v) is 3.83. The van der Waals surface area contributed by atoms with Crippen LogP contribution in [-0.2, 0) is 6.54 Å². The summed E-state index contributed by atoms with van der Waals surface area (Å²) in [5.74, 6) is 3.16. The van der Waals surface area contributed by atoms with E-state index in [0.29, 0.717) is 36.0 Å². The van der Waals surface area contributed by atoms with Gasteiger partial charge in [0.1, 0.15) is 5.82 Å². The monoisotopic (exact) mass is 415 g/mol. The number of hydrogen-bond acceptors (Lipinski definition) is 8. The molecule has 164 valence electrons. The quantitative estimate of drug-likeness (QED) is 0.576. The van der Waals surface area contributed by atoms with Gasteiger partial charge in [-0.15, -0.1) is 0 Å². The first-order chi connectivity index (χ1) is 14.5. The fraction of sp³-hybridized carbons (Fsp3) is 0.545. The predicted molar refractivity (Wildman–Crippen MR) is 119 cm³/mol. The lowest BCUT2D eigenvalue weighted by molar-refractivity contribution is 0.322. The number of aromatic nitrogens is 2. The smallest absolute Gasteiger partial charge is 0.224 e. The largest absolute Gasteiger partial charge is 0.502 e. The standard InChI is InChI=1S/C22H33N5O3/c1-27(2)20-9-10-24-22(26-20)25-17-7-5-15(6-8-17)13-23-14-16-11-18(29-3)21(28)19(12-16)30-4/h9-12,15,17,23,28H,5-8,13-14H2,1-4H3,(H,24,25,26). The van der Waals surface area contributed by atoms with Crippen LogP contribution in [0.15, 0.2) is 24.4 Å². The lowest BCUT2D eigenvalue weighted by Gasteiger charge is -2.29. The van der Waals surface area contributed by atoms with E-state index in [1.54, 1.807) is 20.4 Å². The SMILES string of the molecule is COc1cc(CNCC2CCC(Nc3nccc(N(C)C)n3)CC2)cc(OC)c1O. The molecule has 8 nitrogen and oxygen atoms in total. The van der Waals surface area contributed by atoms with E-state index in [4.69, 9.17) is 9.47 Å². The second kappa shape index (κ2) is 10.3. The molecule has 0 radical (unpaired) electrons. The molecule has 1 saturated carbocycles. The van der Waals surface area contributed by atoms with Gasteiger partial charge in [-0.1, -0.05) is 0 Å². The Hall–Kier alpha value is -2.74. The van der Waals surface area contributed by atoms with E-state index < -0.39 is 0 Å². The van der Waals surface area contributed by atoms with Gasteiger partial charge >= 0.3 is 0 Å². The van der Waals surface area contributed by atoms with Crippen molar-refractivity contribution in [3.05, 3.63) is 30.0 Å². The molecule has 30 heavy (non-hydrogen) atoms. The van der Waals surface area contributed by atoms with E-state index in [2.05, 4.69) is 20.6 Å². The molecule has 0 saturated heterocycles. The van der Waals surface area contributed by atoms with Gasteiger partial charge in [-0.2, -0.15) is 4.98 Å². The molecule has 1 fully saturated rings. The topological polar surface area (TPSA) is 91.8 Å². The van der Waals surface area contributed by atoms with E-state index in [9.17, 15) is 5.11 Å². The average molecular weight is 416 g/mol. The molecule has 1 aliphatic carbocycles. The molecular formula is C22H33N5O3. The molecule has 1 aromatic heterocycles. The molecule has 0 unspecified atom stereocenters. The van der Waals surface area contributed by atoms with Gasteiger partial charge in [0.2, 0.25) is 11.7 Å². The Kier molecular flexibility index (Phi) is 7.57. The van der Waals surface area contributed by atoms with Crippen LogP contribution in [0.2, 0.25) is 0 Å². The van der Waals surface area contributed by atoms with E-state index in [1.807, 2.05) is 37.2 Å². The molecule has 2 aromatic rings. The van der Waals surface area contributed by atoms with Gasteiger partial charge in [0.15, 0.2) is 11.5 Å². The number of nitrogens with zero attached hydrogens (tertiary/aromatic N) is 3. The number of aromatic hydroxyl groups is 1. The van der Waals surface area contributed by atoms with Crippen LogP contribution in [0.5, 0.6) is 17.2 Å². The van der Waals surface area contributed by atoms with Crippen molar-refractivity contribution < 1.29 is 14.6 Å². The summed E-state index contributed by atoms with van der Waals surface area (Å²) in [5.41, 5.74) is 1.02. The molecule has 0 spiro atoms. The number of benzene rings is 1. The number of methoxy groups -OCH3 is 2. The number of phenolic OH excluding ortho intramolecular Hbond substituents is 1. The van der Waals surface area contributed by atoms with Crippen LogP contribution in [0.4, 0.5) is 11.8 Å². The Labute approximate surface area is 178 Å². The number of phenols is 1. The molecular weight excluding hydrogens is 382 g/mol. The second-order valence-corrected chi connectivity index (χ2v) is 7.97. The first-order valence-corrected chi connectivity index (χ1v) is 10.4. The minimum absolute atomic E-state index is 0.0367. The Morgan fingerprint density at radius 2 is 1.77 bits per heavy atom. The molecule has 1 heterocycles. The van der Waals surface area contributed by atoms with Crippen molar-refractivity contribution in [1.29, 1.82) is 0 Å². The van der Waals surface area contributed by atoms with Gasteiger partial charge in [-0.3, -0.25) is 0 Å². The number of anilines is 2. The molecule has 1 aliphatic rings. The van der Waals surface area contributed by atoms with Crippen molar-refractivity contribution in [3.63, 3.8) is 0 Å². The van der Waals surface area contributed by atoms with Crippen molar-refractivity contribution in [1.82, 2.24) is 15.3 Å². The number of nitrogens with one attached hydrogen (secondary N) is 2. The van der Waals surface area contributed by atoms with Gasteiger partial charge in [-0.05, 0) is 61.9 Å². The third-order valence-corrected chi connectivity index (χ3v) is 5.58. The lowest BCUT2D eigenvalue weighted by Crippen LogP contribution is -2.31. The number of ether oxygens (including phenoxy) is 2. The van der Waals surface area contributed by atoms with Gasteiger partial charge < -0.3 is 30.1 Å². The molecule has 1 aromatic carbocycles. The number of hydrogen-bond donors (Lipinski definition) is 3. The fourth-order valence-electron chi connectivity index (χ4n) is 3.83. The van der Waals surface area contributed by atoms with Crippen LogP contribution >= 0.6 is 0 Å². The van der Waals surface area contributed by atoms with Gasteiger partial charge in [0, 0.05) is 32.9 Å². The van der Waals surface area contributed by atoms with Gasteiger partial charge in [0.05, 0.1) is 14.2 Å². The van der Waals surface area contributed by atoms with Crippen molar-refractivity contribution in [2.24, 2.45) is 5.92 Å². The van der Waals surface area contributed by atoms with Crippen molar-refractivity contribution in [2.45, 2.75) is 38.3 Å². The Balaban J connectivity index is 1.44. The summed E-state index contributed by atoms with van der Waals surface area (Å²) in [6.07, 6.45) is 6.36. The maximum Gasteiger partial charge on any atom is 0.224 e. The zero-order chi connectivity index (χ0) is 21.5. The van der Waals surface area contributed by atoms with Crippen LogP contribution in [0.3, 0.4) is 0 Å². The second-order valence-electron chi connectivity index (χ2n) is 7.97. The highest BCUT2D eigenvalue weighted by atomic mass is 16.5. The Morgan fingerprint density at radius 1 is 1.10 bits per heavy atom. The molecule has 0 atom stereocenters. The van der Waals surface area contributed by atoms with Crippen molar-refractivity contribution >= 4 is 11.8 Å². The van der Waals surface area contributed by atoms with E-state index in [1.165, 1.54) is 12.8 Å². The van der Waals surface area contributed by atoms with Crippen LogP contribution < -0.4 is 25.0 Å². The third kappa shape index (κ3) is 5.66.